The van der Waals surface area contributed by atoms with Gasteiger partial charge < -0.3 is 10.2 Å². The maximum atomic E-state index is 13.9. The maximum absolute atomic E-state index is 13.9. The van der Waals surface area contributed by atoms with Gasteiger partial charge in [0.2, 0.25) is 5.91 Å². The van der Waals surface area contributed by atoms with Crippen LogP contribution in [-0.2, 0) is 11.2 Å². The summed E-state index contributed by atoms with van der Waals surface area (Å²) in [5.41, 5.74) is 1.09. The molecule has 1 aliphatic heterocycles. The van der Waals surface area contributed by atoms with Gasteiger partial charge in [-0.25, -0.2) is 4.39 Å². The lowest BCUT2D eigenvalue weighted by atomic mass is 9.49. The van der Waals surface area contributed by atoms with E-state index in [-0.39, 0.29) is 11.2 Å². The topological polar surface area (TPSA) is 32.3 Å². The molecule has 0 aromatic heterocycles. The SMILES string of the molecule is O=C(NC1CC12CCN(CCc1ccccc1F)C2)C12CC3CC(CC(C3)C1)C2. The van der Waals surface area contributed by atoms with Crippen molar-refractivity contribution in [2.45, 2.75) is 63.8 Å². The molecule has 1 N–H and O–H groups in total. The van der Waals surface area contributed by atoms with Crippen LogP contribution in [0.4, 0.5) is 4.39 Å². The van der Waals surface area contributed by atoms with E-state index in [9.17, 15) is 9.18 Å². The van der Waals surface area contributed by atoms with Gasteiger partial charge in [0.15, 0.2) is 0 Å². The number of hydrogen-bond acceptors (Lipinski definition) is 2. The third-order valence-corrected chi connectivity index (χ3v) is 9.13. The molecule has 5 aliphatic carbocycles. The molecule has 3 nitrogen and oxygen atoms in total. The summed E-state index contributed by atoms with van der Waals surface area (Å²) < 4.78 is 13.9. The van der Waals surface area contributed by atoms with Crippen molar-refractivity contribution in [1.82, 2.24) is 10.2 Å². The van der Waals surface area contributed by atoms with E-state index in [0.29, 0.717) is 17.4 Å². The Morgan fingerprint density at radius 1 is 1.07 bits per heavy atom. The van der Waals surface area contributed by atoms with E-state index >= 15 is 0 Å². The summed E-state index contributed by atoms with van der Waals surface area (Å²) in [4.78, 5) is 15.8. The minimum absolute atomic E-state index is 0.0261. The minimum atomic E-state index is -0.0893. The Bertz CT molecular complexity index is 788. The molecule has 0 radical (unpaired) electrons. The molecule has 29 heavy (non-hydrogen) atoms. The Labute approximate surface area is 173 Å². The van der Waals surface area contributed by atoms with Gasteiger partial charge in [-0.3, -0.25) is 4.79 Å². The molecule has 6 aliphatic rings. The third-order valence-electron chi connectivity index (χ3n) is 9.13. The number of benzene rings is 1. The Morgan fingerprint density at radius 2 is 1.76 bits per heavy atom. The molecular formula is C25H33FN2O. The Hall–Kier alpha value is -1.42. The van der Waals surface area contributed by atoms with E-state index in [1.807, 2.05) is 12.1 Å². The largest absolute Gasteiger partial charge is 0.352 e. The molecule has 1 spiro atoms. The number of nitrogens with one attached hydrogen (secondary N) is 1. The molecule has 6 fully saturated rings. The molecule has 5 saturated carbocycles. The highest BCUT2D eigenvalue weighted by Crippen LogP contribution is 2.61. The summed E-state index contributed by atoms with van der Waals surface area (Å²) in [6, 6.07) is 7.50. The van der Waals surface area contributed by atoms with Gasteiger partial charge >= 0.3 is 0 Å². The van der Waals surface area contributed by atoms with Crippen molar-refractivity contribution >= 4 is 5.91 Å². The fourth-order valence-corrected chi connectivity index (χ4v) is 7.86. The Balaban J connectivity index is 1.04. The Morgan fingerprint density at radius 3 is 2.45 bits per heavy atom. The number of rotatable bonds is 5. The van der Waals surface area contributed by atoms with Gasteiger partial charge in [0.1, 0.15) is 5.82 Å². The highest BCUT2D eigenvalue weighted by molar-refractivity contribution is 5.84. The van der Waals surface area contributed by atoms with Gasteiger partial charge in [-0.1, -0.05) is 18.2 Å². The lowest BCUT2D eigenvalue weighted by Gasteiger charge is -2.55. The van der Waals surface area contributed by atoms with Crippen molar-refractivity contribution in [2.75, 3.05) is 19.6 Å². The zero-order chi connectivity index (χ0) is 19.6. The average molecular weight is 397 g/mol. The van der Waals surface area contributed by atoms with Crippen molar-refractivity contribution < 1.29 is 9.18 Å². The van der Waals surface area contributed by atoms with Gasteiger partial charge in [0.05, 0.1) is 0 Å². The second kappa shape index (κ2) is 6.54. The van der Waals surface area contributed by atoms with Gasteiger partial charge in [-0.2, -0.15) is 0 Å². The fourth-order valence-electron chi connectivity index (χ4n) is 7.86. The van der Waals surface area contributed by atoms with E-state index in [2.05, 4.69) is 10.2 Å². The van der Waals surface area contributed by atoms with Crippen molar-refractivity contribution in [3.8, 4) is 0 Å². The van der Waals surface area contributed by atoms with Crippen LogP contribution in [0.1, 0.15) is 56.9 Å². The molecule has 4 bridgehead atoms. The van der Waals surface area contributed by atoms with Crippen LogP contribution in [0.3, 0.4) is 0 Å². The highest BCUT2D eigenvalue weighted by atomic mass is 19.1. The predicted octanol–water partition coefficient (Wildman–Crippen LogP) is 4.17. The number of nitrogens with zero attached hydrogens (tertiary/aromatic N) is 1. The van der Waals surface area contributed by atoms with Crippen LogP contribution >= 0.6 is 0 Å². The molecule has 1 saturated heterocycles. The first kappa shape index (κ1) is 18.4. The van der Waals surface area contributed by atoms with Gasteiger partial charge in [0, 0.05) is 30.0 Å². The molecule has 1 heterocycles. The number of halogens is 1. The maximum Gasteiger partial charge on any atom is 0.226 e. The first-order chi connectivity index (χ1) is 14.0. The predicted molar refractivity (Wildman–Crippen MR) is 111 cm³/mol. The molecule has 156 valence electrons. The molecule has 7 rings (SSSR count). The first-order valence-electron chi connectivity index (χ1n) is 11.8. The van der Waals surface area contributed by atoms with Crippen LogP contribution in [0, 0.1) is 34.4 Å². The normalized spacial score (nSPS) is 42.5. The van der Waals surface area contributed by atoms with E-state index in [1.54, 1.807) is 12.1 Å². The zero-order valence-corrected chi connectivity index (χ0v) is 17.3. The number of hydrogen-bond donors (Lipinski definition) is 1. The zero-order valence-electron chi connectivity index (χ0n) is 17.3. The van der Waals surface area contributed by atoms with Crippen LogP contribution < -0.4 is 5.32 Å². The minimum Gasteiger partial charge on any atom is -0.352 e. The summed E-state index contributed by atoms with van der Waals surface area (Å²) in [5.74, 6) is 2.76. The monoisotopic (exact) mass is 396 g/mol. The van der Waals surface area contributed by atoms with Gasteiger partial charge in [0.25, 0.3) is 0 Å². The number of amides is 1. The lowest BCUT2D eigenvalue weighted by molar-refractivity contribution is -0.146. The van der Waals surface area contributed by atoms with Crippen LogP contribution in [0.25, 0.3) is 0 Å². The third kappa shape index (κ3) is 3.13. The van der Waals surface area contributed by atoms with Crippen LogP contribution in [0.15, 0.2) is 24.3 Å². The second-order valence-electron chi connectivity index (χ2n) is 11.2. The molecule has 2 atom stereocenters. The molecular weight excluding hydrogens is 363 g/mol. The molecule has 1 aromatic rings. The molecule has 2 unspecified atom stereocenters. The summed E-state index contributed by atoms with van der Waals surface area (Å²) in [6.07, 6.45) is 10.7. The van der Waals surface area contributed by atoms with Crippen LogP contribution in [-0.4, -0.2) is 36.5 Å². The van der Waals surface area contributed by atoms with Gasteiger partial charge in [-0.15, -0.1) is 0 Å². The van der Waals surface area contributed by atoms with Crippen LogP contribution in [0.5, 0.6) is 0 Å². The summed E-state index contributed by atoms with van der Waals surface area (Å²) in [6.45, 7) is 3.06. The van der Waals surface area contributed by atoms with Crippen molar-refractivity contribution in [1.29, 1.82) is 0 Å². The van der Waals surface area contributed by atoms with Crippen LogP contribution in [0.2, 0.25) is 0 Å². The Kier molecular flexibility index (Phi) is 4.14. The highest BCUT2D eigenvalue weighted by Gasteiger charge is 2.60. The standard InChI is InChI=1S/C25H33FN2O/c26-21-4-2-1-3-20(21)5-7-28-8-6-24(16-28)15-22(24)27-23(29)25-12-17-9-18(13-25)11-19(10-17)14-25/h1-4,17-19,22H,5-16H2,(H,27,29). The number of carbonyl (C=O) groups is 1. The quantitative estimate of drug-likeness (QED) is 0.810. The van der Waals surface area contributed by atoms with Crippen molar-refractivity contribution in [3.63, 3.8) is 0 Å². The molecule has 4 heteroatoms. The van der Waals surface area contributed by atoms with Crippen molar-refractivity contribution in [2.24, 2.45) is 28.6 Å². The number of carbonyl (C=O) groups excluding carboxylic acids is 1. The van der Waals surface area contributed by atoms with E-state index < -0.39 is 0 Å². The van der Waals surface area contributed by atoms with E-state index in [4.69, 9.17) is 0 Å². The lowest BCUT2D eigenvalue weighted by Crippen LogP contribution is -2.54. The number of likely N-dealkylation sites (tertiary alicyclic amines) is 1. The fraction of sp³-hybridized carbons (Fsp3) is 0.720. The van der Waals surface area contributed by atoms with Crippen molar-refractivity contribution in [3.05, 3.63) is 35.6 Å². The average Bonchev–Trinajstić information content (AvgIpc) is 3.17. The van der Waals surface area contributed by atoms with Gasteiger partial charge in [-0.05, 0) is 93.7 Å². The first-order valence-corrected chi connectivity index (χ1v) is 11.8. The second-order valence-corrected chi connectivity index (χ2v) is 11.2. The smallest absolute Gasteiger partial charge is 0.226 e. The summed E-state index contributed by atoms with van der Waals surface area (Å²) in [7, 11) is 0. The van der Waals surface area contributed by atoms with E-state index in [1.165, 1.54) is 25.7 Å². The van der Waals surface area contributed by atoms with E-state index in [0.717, 1.165) is 75.1 Å². The summed E-state index contributed by atoms with van der Waals surface area (Å²) >= 11 is 0. The molecule has 1 aromatic carbocycles. The summed E-state index contributed by atoms with van der Waals surface area (Å²) in [5, 5.41) is 3.52. The molecule has 1 amide bonds.